The van der Waals surface area contributed by atoms with Gasteiger partial charge in [0.2, 0.25) is 0 Å². The lowest BCUT2D eigenvalue weighted by atomic mass is 9.70. The SMILES string of the molecule is CCC1CN(Cc2ccccc2)CC(C)(CC)C1N. The Hall–Kier alpha value is -0.860. The molecule has 0 aromatic heterocycles. The summed E-state index contributed by atoms with van der Waals surface area (Å²) in [5, 5.41) is 0. The Labute approximate surface area is 118 Å². The fourth-order valence-electron chi connectivity index (χ4n) is 3.39. The van der Waals surface area contributed by atoms with E-state index in [0.29, 0.717) is 12.0 Å². The summed E-state index contributed by atoms with van der Waals surface area (Å²) in [5.74, 6) is 0.627. The van der Waals surface area contributed by atoms with Crippen molar-refractivity contribution in [1.29, 1.82) is 0 Å². The third-order valence-corrected chi connectivity index (χ3v) is 4.97. The monoisotopic (exact) mass is 260 g/mol. The lowest BCUT2D eigenvalue weighted by Gasteiger charge is -2.49. The summed E-state index contributed by atoms with van der Waals surface area (Å²) in [4.78, 5) is 2.59. The second kappa shape index (κ2) is 6.06. The van der Waals surface area contributed by atoms with Crippen molar-refractivity contribution in [3.8, 4) is 0 Å². The van der Waals surface area contributed by atoms with Gasteiger partial charge in [-0.25, -0.2) is 0 Å². The van der Waals surface area contributed by atoms with Crippen molar-refractivity contribution in [3.63, 3.8) is 0 Å². The highest BCUT2D eigenvalue weighted by Gasteiger charge is 2.40. The van der Waals surface area contributed by atoms with Crippen molar-refractivity contribution in [2.24, 2.45) is 17.1 Å². The van der Waals surface area contributed by atoms with E-state index in [1.165, 1.54) is 12.0 Å². The van der Waals surface area contributed by atoms with Crippen LogP contribution in [0.3, 0.4) is 0 Å². The predicted molar refractivity (Wildman–Crippen MR) is 81.9 cm³/mol. The molecule has 3 atom stereocenters. The Morgan fingerprint density at radius 2 is 1.95 bits per heavy atom. The first-order valence-corrected chi connectivity index (χ1v) is 7.61. The molecule has 2 N–H and O–H groups in total. The van der Waals surface area contributed by atoms with Crippen molar-refractivity contribution in [2.75, 3.05) is 13.1 Å². The van der Waals surface area contributed by atoms with Gasteiger partial charge in [-0.05, 0) is 23.3 Å². The van der Waals surface area contributed by atoms with Crippen LogP contribution in [-0.4, -0.2) is 24.0 Å². The van der Waals surface area contributed by atoms with Gasteiger partial charge in [0.25, 0.3) is 0 Å². The molecular formula is C17H28N2. The summed E-state index contributed by atoms with van der Waals surface area (Å²) in [6.07, 6.45) is 2.35. The van der Waals surface area contributed by atoms with Gasteiger partial charge in [-0.3, -0.25) is 4.90 Å². The molecule has 19 heavy (non-hydrogen) atoms. The number of likely N-dealkylation sites (tertiary alicyclic amines) is 1. The first kappa shape index (κ1) is 14.5. The van der Waals surface area contributed by atoms with Crippen molar-refractivity contribution < 1.29 is 0 Å². The van der Waals surface area contributed by atoms with Gasteiger partial charge in [0.1, 0.15) is 0 Å². The van der Waals surface area contributed by atoms with E-state index in [0.717, 1.165) is 26.1 Å². The normalized spacial score (nSPS) is 32.4. The highest BCUT2D eigenvalue weighted by Crippen LogP contribution is 2.36. The first-order valence-electron chi connectivity index (χ1n) is 7.61. The molecule has 0 radical (unpaired) electrons. The molecular weight excluding hydrogens is 232 g/mol. The third kappa shape index (κ3) is 3.18. The maximum atomic E-state index is 6.51. The van der Waals surface area contributed by atoms with Crippen LogP contribution in [0.5, 0.6) is 0 Å². The molecule has 2 rings (SSSR count). The van der Waals surface area contributed by atoms with E-state index in [-0.39, 0.29) is 5.41 Å². The van der Waals surface area contributed by atoms with Crippen LogP contribution in [0.4, 0.5) is 0 Å². The van der Waals surface area contributed by atoms with Crippen LogP contribution in [0, 0.1) is 11.3 Å². The Balaban J connectivity index is 2.10. The summed E-state index contributed by atoms with van der Waals surface area (Å²) in [5.41, 5.74) is 8.17. The number of piperidine rings is 1. The van der Waals surface area contributed by atoms with Crippen molar-refractivity contribution in [1.82, 2.24) is 4.90 Å². The van der Waals surface area contributed by atoms with E-state index in [1.807, 2.05) is 0 Å². The molecule has 0 amide bonds. The molecule has 0 aliphatic carbocycles. The number of benzene rings is 1. The van der Waals surface area contributed by atoms with E-state index in [1.54, 1.807) is 0 Å². The molecule has 2 nitrogen and oxygen atoms in total. The molecule has 0 spiro atoms. The molecule has 0 saturated carbocycles. The highest BCUT2D eigenvalue weighted by atomic mass is 15.2. The number of nitrogens with zero attached hydrogens (tertiary/aromatic N) is 1. The second-order valence-corrected chi connectivity index (χ2v) is 6.36. The second-order valence-electron chi connectivity index (χ2n) is 6.36. The van der Waals surface area contributed by atoms with E-state index >= 15 is 0 Å². The molecule has 2 heteroatoms. The maximum Gasteiger partial charge on any atom is 0.0234 e. The van der Waals surface area contributed by atoms with Crippen molar-refractivity contribution in [2.45, 2.75) is 46.2 Å². The third-order valence-electron chi connectivity index (χ3n) is 4.97. The fraction of sp³-hybridized carbons (Fsp3) is 0.647. The summed E-state index contributed by atoms with van der Waals surface area (Å²) >= 11 is 0. The lowest BCUT2D eigenvalue weighted by Crippen LogP contribution is -2.58. The Bertz CT molecular complexity index is 390. The van der Waals surface area contributed by atoms with Crippen LogP contribution in [0.2, 0.25) is 0 Å². The predicted octanol–water partition coefficient (Wildman–Crippen LogP) is 3.27. The van der Waals surface area contributed by atoms with Gasteiger partial charge in [-0.1, -0.05) is 57.5 Å². The average Bonchev–Trinajstić information content (AvgIpc) is 2.44. The quantitative estimate of drug-likeness (QED) is 0.900. The Kier molecular flexibility index (Phi) is 4.64. The van der Waals surface area contributed by atoms with E-state index in [2.05, 4.69) is 56.0 Å². The topological polar surface area (TPSA) is 29.3 Å². The zero-order chi connectivity index (χ0) is 13.9. The molecule has 1 aliphatic rings. The zero-order valence-corrected chi connectivity index (χ0v) is 12.6. The minimum atomic E-state index is 0.258. The molecule has 106 valence electrons. The van der Waals surface area contributed by atoms with Crippen LogP contribution in [0.25, 0.3) is 0 Å². The minimum absolute atomic E-state index is 0.258. The molecule has 1 fully saturated rings. The smallest absolute Gasteiger partial charge is 0.0234 e. The van der Waals surface area contributed by atoms with E-state index < -0.39 is 0 Å². The standard InChI is InChI=1S/C17H28N2/c1-4-15-12-19(11-14-9-7-6-8-10-14)13-17(3,5-2)16(15)18/h6-10,15-16H,4-5,11-13,18H2,1-3H3. The van der Waals surface area contributed by atoms with Gasteiger partial charge >= 0.3 is 0 Å². The number of rotatable bonds is 4. The summed E-state index contributed by atoms with van der Waals surface area (Å²) in [6.45, 7) is 10.2. The molecule has 1 heterocycles. The largest absolute Gasteiger partial charge is 0.327 e. The lowest BCUT2D eigenvalue weighted by molar-refractivity contribution is 0.0274. The number of hydrogen-bond acceptors (Lipinski definition) is 2. The van der Waals surface area contributed by atoms with Crippen molar-refractivity contribution >= 4 is 0 Å². The zero-order valence-electron chi connectivity index (χ0n) is 12.6. The first-order chi connectivity index (χ1) is 9.09. The molecule has 1 aliphatic heterocycles. The van der Waals surface area contributed by atoms with Crippen LogP contribution >= 0.6 is 0 Å². The van der Waals surface area contributed by atoms with Crippen LogP contribution < -0.4 is 5.73 Å². The Morgan fingerprint density at radius 1 is 1.26 bits per heavy atom. The molecule has 3 unspecified atom stereocenters. The molecule has 1 aromatic carbocycles. The summed E-state index contributed by atoms with van der Waals surface area (Å²) < 4.78 is 0. The van der Waals surface area contributed by atoms with E-state index in [4.69, 9.17) is 5.73 Å². The highest BCUT2D eigenvalue weighted by molar-refractivity contribution is 5.15. The minimum Gasteiger partial charge on any atom is -0.327 e. The van der Waals surface area contributed by atoms with Crippen LogP contribution in [-0.2, 0) is 6.54 Å². The number of hydrogen-bond donors (Lipinski definition) is 1. The van der Waals surface area contributed by atoms with Crippen LogP contribution in [0.15, 0.2) is 30.3 Å². The van der Waals surface area contributed by atoms with Gasteiger partial charge in [0, 0.05) is 25.7 Å². The number of nitrogens with two attached hydrogens (primary N) is 1. The van der Waals surface area contributed by atoms with Crippen LogP contribution in [0.1, 0.15) is 39.2 Å². The summed E-state index contributed by atoms with van der Waals surface area (Å²) in [6, 6.07) is 11.1. The van der Waals surface area contributed by atoms with Crippen molar-refractivity contribution in [3.05, 3.63) is 35.9 Å². The van der Waals surface area contributed by atoms with Gasteiger partial charge in [-0.2, -0.15) is 0 Å². The van der Waals surface area contributed by atoms with Gasteiger partial charge in [-0.15, -0.1) is 0 Å². The molecule has 0 bridgehead atoms. The van der Waals surface area contributed by atoms with Gasteiger partial charge < -0.3 is 5.73 Å². The van der Waals surface area contributed by atoms with Gasteiger partial charge in [0.15, 0.2) is 0 Å². The van der Waals surface area contributed by atoms with Gasteiger partial charge in [0.05, 0.1) is 0 Å². The molecule has 1 saturated heterocycles. The fourth-order valence-corrected chi connectivity index (χ4v) is 3.39. The summed E-state index contributed by atoms with van der Waals surface area (Å²) in [7, 11) is 0. The molecule has 1 aromatic rings. The average molecular weight is 260 g/mol. The van der Waals surface area contributed by atoms with E-state index in [9.17, 15) is 0 Å². The Morgan fingerprint density at radius 3 is 2.53 bits per heavy atom. The maximum absolute atomic E-state index is 6.51.